The predicted molar refractivity (Wildman–Crippen MR) is 174 cm³/mol. The van der Waals surface area contributed by atoms with Gasteiger partial charge in [-0.2, -0.15) is 0 Å². The number of rotatable bonds is 13. The smallest absolute Gasteiger partial charge is 0.147 e. The predicted octanol–water partition coefficient (Wildman–Crippen LogP) is 7.76. The average Bonchev–Trinajstić information content (AvgIpc) is 3.05. The highest BCUT2D eigenvalue weighted by molar-refractivity contribution is 7.78. The first-order chi connectivity index (χ1) is 20.1. The summed E-state index contributed by atoms with van der Waals surface area (Å²) in [6.07, 6.45) is 3.65. The van der Waals surface area contributed by atoms with Crippen molar-refractivity contribution in [2.45, 2.75) is 25.4 Å². The first-order valence-corrected chi connectivity index (χ1v) is 18.0. The van der Waals surface area contributed by atoms with Crippen molar-refractivity contribution in [2.24, 2.45) is 0 Å². The third-order valence-electron chi connectivity index (χ3n) is 7.43. The van der Waals surface area contributed by atoms with Crippen LogP contribution in [0, 0.1) is 0 Å². The van der Waals surface area contributed by atoms with Crippen LogP contribution in [0.3, 0.4) is 0 Å². The van der Waals surface area contributed by atoms with Gasteiger partial charge in [0.2, 0.25) is 0 Å². The Morgan fingerprint density at radius 1 is 0.439 bits per heavy atom. The molecule has 208 valence electrons. The number of hydrogen-bond acceptors (Lipinski definition) is 3. The van der Waals surface area contributed by atoms with E-state index in [-0.39, 0.29) is 0 Å². The molecule has 0 aliphatic heterocycles. The van der Waals surface area contributed by atoms with Gasteiger partial charge in [0.25, 0.3) is 0 Å². The molecule has 0 aliphatic rings. The van der Waals surface area contributed by atoms with Crippen molar-refractivity contribution in [3.8, 4) is 5.75 Å². The molecule has 0 unspecified atom stereocenters. The lowest BCUT2D eigenvalue weighted by Crippen LogP contribution is -2.18. The molecule has 0 N–H and O–H groups in total. The Labute approximate surface area is 244 Å². The van der Waals surface area contributed by atoms with Gasteiger partial charge in [0.05, 0.1) is 6.61 Å². The van der Waals surface area contributed by atoms with Crippen LogP contribution in [0.2, 0.25) is 0 Å². The fraction of sp³-hybridized carbons (Fsp3) is 0.167. The van der Waals surface area contributed by atoms with Gasteiger partial charge in [-0.15, -0.1) is 0 Å². The Morgan fingerprint density at radius 2 is 0.854 bits per heavy atom. The average molecular weight is 579 g/mol. The van der Waals surface area contributed by atoms with Crippen LogP contribution < -0.4 is 26.0 Å². The third-order valence-corrected chi connectivity index (χ3v) is 13.7. The summed E-state index contributed by atoms with van der Waals surface area (Å²) in [4.78, 5) is 0. The van der Waals surface area contributed by atoms with Gasteiger partial charge in [-0.1, -0.05) is 140 Å². The van der Waals surface area contributed by atoms with Crippen LogP contribution in [0.5, 0.6) is 5.75 Å². The van der Waals surface area contributed by atoms with Crippen LogP contribution in [-0.4, -0.2) is 12.8 Å². The van der Waals surface area contributed by atoms with E-state index < -0.39 is 14.3 Å². The van der Waals surface area contributed by atoms with E-state index in [0.29, 0.717) is 18.9 Å². The highest BCUT2D eigenvalue weighted by Gasteiger charge is 2.29. The maximum Gasteiger partial charge on any atom is 0.147 e. The summed E-state index contributed by atoms with van der Waals surface area (Å²) in [6, 6.07) is 47.2. The zero-order valence-electron chi connectivity index (χ0n) is 23.2. The summed E-state index contributed by atoms with van der Waals surface area (Å²) >= 11 is 0. The van der Waals surface area contributed by atoms with Crippen molar-refractivity contribution >= 4 is 35.5 Å². The Hall–Kier alpha value is -3.64. The van der Waals surface area contributed by atoms with E-state index in [2.05, 4.69) is 0 Å². The van der Waals surface area contributed by atoms with Crippen LogP contribution in [-0.2, 0) is 15.3 Å². The van der Waals surface area contributed by atoms with Crippen LogP contribution >= 0.6 is 14.3 Å². The van der Waals surface area contributed by atoms with E-state index >= 15 is 0 Å². The summed E-state index contributed by atoms with van der Waals surface area (Å²) in [5, 5.41) is 3.53. The standard InChI is InChI=1S/C36H36O3P2/c37-40(32-19-6-1-7-20-32,33-21-8-2-9-22-33)29-17-5-16-28-39-36-27-15-14-18-31(36)30-41(38,34-23-10-3-11-24-34)35-25-12-4-13-26-35/h1-4,6-15,18-27H,5,16-17,28-30H2. The van der Waals surface area contributed by atoms with Gasteiger partial charge in [-0.05, 0) is 25.3 Å². The number of para-hydroxylation sites is 1. The lowest BCUT2D eigenvalue weighted by molar-refractivity contribution is 0.304. The zero-order chi connectivity index (χ0) is 28.4. The normalized spacial score (nSPS) is 11.7. The Kier molecular flexibility index (Phi) is 9.73. The quantitative estimate of drug-likeness (QED) is 0.106. The van der Waals surface area contributed by atoms with Crippen molar-refractivity contribution in [3.63, 3.8) is 0 Å². The molecule has 0 bridgehead atoms. The monoisotopic (exact) mass is 578 g/mol. The molecule has 0 aliphatic carbocycles. The van der Waals surface area contributed by atoms with Crippen molar-refractivity contribution in [2.75, 3.05) is 12.8 Å². The molecule has 0 heterocycles. The first-order valence-electron chi connectivity index (χ1n) is 14.2. The molecular weight excluding hydrogens is 542 g/mol. The Bertz CT molecular complexity index is 1520. The fourth-order valence-corrected chi connectivity index (χ4v) is 10.7. The first kappa shape index (κ1) is 28.9. The van der Waals surface area contributed by atoms with Crippen molar-refractivity contribution < 1.29 is 13.9 Å². The number of unbranched alkanes of at least 4 members (excludes halogenated alkanes) is 2. The Balaban J connectivity index is 1.23. The topological polar surface area (TPSA) is 43.4 Å². The molecule has 5 aromatic carbocycles. The van der Waals surface area contributed by atoms with E-state index in [9.17, 15) is 9.13 Å². The summed E-state index contributed by atoms with van der Waals surface area (Å²) in [6.45, 7) is 0.555. The number of benzene rings is 5. The van der Waals surface area contributed by atoms with Crippen molar-refractivity contribution in [1.82, 2.24) is 0 Å². The molecule has 5 heteroatoms. The summed E-state index contributed by atoms with van der Waals surface area (Å²) in [5.74, 6) is 0.777. The minimum Gasteiger partial charge on any atom is -0.493 e. The van der Waals surface area contributed by atoms with Gasteiger partial charge < -0.3 is 13.9 Å². The SMILES string of the molecule is O=P(CCCCCOc1ccccc1CP(=O)(c1ccccc1)c1ccccc1)(c1ccccc1)c1ccccc1. The second-order valence-electron chi connectivity index (χ2n) is 10.2. The largest absolute Gasteiger partial charge is 0.493 e. The molecule has 41 heavy (non-hydrogen) atoms. The van der Waals surface area contributed by atoms with Gasteiger partial charge >= 0.3 is 0 Å². The minimum atomic E-state index is -2.91. The molecule has 0 atom stereocenters. The maximum atomic E-state index is 14.6. The van der Waals surface area contributed by atoms with Gasteiger partial charge in [0, 0.05) is 39.1 Å². The van der Waals surface area contributed by atoms with Crippen LogP contribution in [0.25, 0.3) is 0 Å². The lowest BCUT2D eigenvalue weighted by atomic mass is 10.2. The van der Waals surface area contributed by atoms with E-state index in [0.717, 1.165) is 51.8 Å². The van der Waals surface area contributed by atoms with E-state index in [4.69, 9.17) is 4.74 Å². The lowest BCUT2D eigenvalue weighted by Gasteiger charge is -2.21. The van der Waals surface area contributed by atoms with Gasteiger partial charge in [-0.3, -0.25) is 0 Å². The fourth-order valence-electron chi connectivity index (χ4n) is 5.22. The Morgan fingerprint density at radius 3 is 1.34 bits per heavy atom. The van der Waals surface area contributed by atoms with E-state index in [1.165, 1.54) is 0 Å². The highest BCUT2D eigenvalue weighted by atomic mass is 31.2. The molecular formula is C36H36O3P2. The van der Waals surface area contributed by atoms with Crippen LogP contribution in [0.15, 0.2) is 146 Å². The molecule has 0 spiro atoms. The van der Waals surface area contributed by atoms with E-state index in [1.54, 1.807) is 0 Å². The summed E-state index contributed by atoms with van der Waals surface area (Å²) < 4.78 is 35.1. The number of hydrogen-bond donors (Lipinski definition) is 0. The third kappa shape index (κ3) is 6.99. The molecule has 0 saturated carbocycles. The molecule has 0 amide bonds. The molecule has 3 nitrogen and oxygen atoms in total. The second kappa shape index (κ2) is 13.8. The molecule has 5 rings (SSSR count). The number of ether oxygens (including phenoxy) is 1. The van der Waals surface area contributed by atoms with Crippen LogP contribution in [0.4, 0.5) is 0 Å². The van der Waals surface area contributed by atoms with E-state index in [1.807, 2.05) is 146 Å². The zero-order valence-corrected chi connectivity index (χ0v) is 25.0. The molecule has 0 saturated heterocycles. The summed E-state index contributed by atoms with van der Waals surface area (Å²) in [5.41, 5.74) is 0.946. The molecule has 0 radical (unpaired) electrons. The second-order valence-corrected chi connectivity index (χ2v) is 16.0. The van der Waals surface area contributed by atoms with Crippen molar-refractivity contribution in [1.29, 1.82) is 0 Å². The highest BCUT2D eigenvalue weighted by Crippen LogP contribution is 2.48. The maximum absolute atomic E-state index is 14.6. The van der Waals surface area contributed by atoms with Gasteiger partial charge in [-0.25, -0.2) is 0 Å². The molecule has 5 aromatic rings. The minimum absolute atomic E-state index is 0.397. The summed E-state index contributed by atoms with van der Waals surface area (Å²) in [7, 11) is -5.60. The van der Waals surface area contributed by atoms with Crippen molar-refractivity contribution in [3.05, 3.63) is 151 Å². The van der Waals surface area contributed by atoms with Gasteiger partial charge in [0.1, 0.15) is 20.0 Å². The molecule has 0 aromatic heterocycles. The molecule has 0 fully saturated rings. The van der Waals surface area contributed by atoms with Crippen LogP contribution in [0.1, 0.15) is 24.8 Å². The van der Waals surface area contributed by atoms with Gasteiger partial charge in [0.15, 0.2) is 0 Å².